The van der Waals surface area contributed by atoms with Gasteiger partial charge in [0, 0.05) is 4.47 Å². The Balaban J connectivity index is 2.23. The number of furan rings is 1. The third-order valence-corrected chi connectivity index (χ3v) is 3.12. The number of aliphatic carboxylic acids is 1. The molecule has 0 saturated heterocycles. The van der Waals surface area contributed by atoms with E-state index in [1.807, 2.05) is 24.3 Å². The molecule has 1 N–H and O–H groups in total. The molecule has 0 aliphatic rings. The predicted molar refractivity (Wildman–Crippen MR) is 66.9 cm³/mol. The van der Waals surface area contributed by atoms with Crippen molar-refractivity contribution < 1.29 is 14.3 Å². The van der Waals surface area contributed by atoms with Gasteiger partial charge in [0.15, 0.2) is 0 Å². The Bertz CT molecular complexity index is 488. The third kappa shape index (κ3) is 2.97. The Morgan fingerprint density at radius 1 is 1.29 bits per heavy atom. The van der Waals surface area contributed by atoms with E-state index in [1.54, 1.807) is 18.6 Å². The summed E-state index contributed by atoms with van der Waals surface area (Å²) in [6.07, 6.45) is 3.57. The van der Waals surface area contributed by atoms with Crippen molar-refractivity contribution in [3.63, 3.8) is 0 Å². The van der Waals surface area contributed by atoms with E-state index >= 15 is 0 Å². The van der Waals surface area contributed by atoms with Crippen molar-refractivity contribution in [2.45, 2.75) is 12.3 Å². The van der Waals surface area contributed by atoms with Gasteiger partial charge in [-0.25, -0.2) is 0 Å². The Kier molecular flexibility index (Phi) is 3.64. The monoisotopic (exact) mass is 294 g/mol. The first-order valence-electron chi connectivity index (χ1n) is 5.16. The number of hydrogen-bond donors (Lipinski definition) is 1. The highest BCUT2D eigenvalue weighted by atomic mass is 79.9. The number of carboxylic acids is 1. The standard InChI is InChI=1S/C13H11BrO3/c14-11-3-1-10(2-4-11)12(13(15)16)7-9-5-6-17-8-9/h1-6,8,12H,7H2,(H,15,16). The molecule has 0 amide bonds. The highest BCUT2D eigenvalue weighted by Crippen LogP contribution is 2.23. The molecule has 0 radical (unpaired) electrons. The molecule has 0 fully saturated rings. The van der Waals surface area contributed by atoms with Gasteiger partial charge in [-0.1, -0.05) is 28.1 Å². The van der Waals surface area contributed by atoms with Gasteiger partial charge in [0.2, 0.25) is 0 Å². The average molecular weight is 295 g/mol. The van der Waals surface area contributed by atoms with Gasteiger partial charge in [-0.15, -0.1) is 0 Å². The van der Waals surface area contributed by atoms with Crippen LogP contribution >= 0.6 is 15.9 Å². The highest BCUT2D eigenvalue weighted by molar-refractivity contribution is 9.10. The van der Waals surface area contributed by atoms with Crippen LogP contribution in [0.15, 0.2) is 51.7 Å². The Morgan fingerprint density at radius 3 is 2.53 bits per heavy atom. The molecule has 17 heavy (non-hydrogen) atoms. The molecule has 2 aromatic rings. The lowest BCUT2D eigenvalue weighted by Gasteiger charge is -2.11. The van der Waals surface area contributed by atoms with E-state index in [4.69, 9.17) is 4.42 Å². The molecular formula is C13H11BrO3. The van der Waals surface area contributed by atoms with Crippen molar-refractivity contribution in [3.05, 3.63) is 58.5 Å². The fourth-order valence-electron chi connectivity index (χ4n) is 1.69. The van der Waals surface area contributed by atoms with E-state index < -0.39 is 11.9 Å². The van der Waals surface area contributed by atoms with Crippen LogP contribution in [0.25, 0.3) is 0 Å². The molecule has 0 spiro atoms. The molecule has 1 atom stereocenters. The summed E-state index contributed by atoms with van der Waals surface area (Å²) in [4.78, 5) is 11.3. The van der Waals surface area contributed by atoms with Gasteiger partial charge in [-0.2, -0.15) is 0 Å². The van der Waals surface area contributed by atoms with Crippen molar-refractivity contribution in [1.82, 2.24) is 0 Å². The third-order valence-electron chi connectivity index (χ3n) is 2.59. The summed E-state index contributed by atoms with van der Waals surface area (Å²) in [5, 5.41) is 9.25. The number of hydrogen-bond acceptors (Lipinski definition) is 2. The summed E-state index contributed by atoms with van der Waals surface area (Å²) in [6, 6.07) is 9.13. The van der Waals surface area contributed by atoms with Crippen molar-refractivity contribution in [3.8, 4) is 0 Å². The molecule has 0 aliphatic heterocycles. The van der Waals surface area contributed by atoms with Crippen LogP contribution in [0.1, 0.15) is 17.0 Å². The first-order valence-corrected chi connectivity index (χ1v) is 5.95. The Hall–Kier alpha value is -1.55. The normalized spacial score (nSPS) is 12.3. The lowest BCUT2D eigenvalue weighted by Crippen LogP contribution is -2.14. The van der Waals surface area contributed by atoms with Crippen molar-refractivity contribution in [2.24, 2.45) is 0 Å². The number of carbonyl (C=O) groups is 1. The summed E-state index contributed by atoms with van der Waals surface area (Å²) < 4.78 is 5.89. The van der Waals surface area contributed by atoms with E-state index in [-0.39, 0.29) is 0 Å². The van der Waals surface area contributed by atoms with Gasteiger partial charge in [-0.3, -0.25) is 4.79 Å². The largest absolute Gasteiger partial charge is 0.481 e. The topological polar surface area (TPSA) is 50.4 Å². The highest BCUT2D eigenvalue weighted by Gasteiger charge is 2.20. The Morgan fingerprint density at radius 2 is 2.00 bits per heavy atom. The van der Waals surface area contributed by atoms with Crippen molar-refractivity contribution >= 4 is 21.9 Å². The molecule has 3 nitrogen and oxygen atoms in total. The van der Waals surface area contributed by atoms with Crippen LogP contribution in [0.3, 0.4) is 0 Å². The first-order chi connectivity index (χ1) is 8.16. The fourth-order valence-corrected chi connectivity index (χ4v) is 1.95. The zero-order valence-electron chi connectivity index (χ0n) is 8.97. The van der Waals surface area contributed by atoms with Gasteiger partial charge in [-0.05, 0) is 35.7 Å². The maximum Gasteiger partial charge on any atom is 0.311 e. The van der Waals surface area contributed by atoms with Crippen LogP contribution in [0.5, 0.6) is 0 Å². The second-order valence-corrected chi connectivity index (χ2v) is 4.69. The van der Waals surface area contributed by atoms with Crippen LogP contribution in [0, 0.1) is 0 Å². The molecule has 1 aromatic carbocycles. The molecule has 1 aromatic heterocycles. The molecule has 1 heterocycles. The van der Waals surface area contributed by atoms with Gasteiger partial charge in [0.25, 0.3) is 0 Å². The lowest BCUT2D eigenvalue weighted by molar-refractivity contribution is -0.138. The van der Waals surface area contributed by atoms with Crippen LogP contribution in [-0.2, 0) is 11.2 Å². The molecule has 2 rings (SSSR count). The van der Waals surface area contributed by atoms with Gasteiger partial charge >= 0.3 is 5.97 Å². The van der Waals surface area contributed by atoms with Gasteiger partial charge in [0.1, 0.15) is 0 Å². The van der Waals surface area contributed by atoms with Crippen molar-refractivity contribution in [1.29, 1.82) is 0 Å². The zero-order valence-corrected chi connectivity index (χ0v) is 10.6. The number of halogens is 1. The summed E-state index contributed by atoms with van der Waals surface area (Å²) >= 11 is 3.33. The van der Waals surface area contributed by atoms with Gasteiger partial charge < -0.3 is 9.52 Å². The summed E-state index contributed by atoms with van der Waals surface area (Å²) in [7, 11) is 0. The summed E-state index contributed by atoms with van der Waals surface area (Å²) in [5.41, 5.74) is 1.68. The minimum atomic E-state index is -0.825. The van der Waals surface area contributed by atoms with E-state index in [9.17, 15) is 9.90 Å². The fraction of sp³-hybridized carbons (Fsp3) is 0.154. The molecule has 4 heteroatoms. The molecule has 0 bridgehead atoms. The van der Waals surface area contributed by atoms with Crippen molar-refractivity contribution in [2.75, 3.05) is 0 Å². The maximum absolute atomic E-state index is 11.3. The maximum atomic E-state index is 11.3. The molecule has 88 valence electrons. The SMILES string of the molecule is O=C(O)C(Cc1ccoc1)c1ccc(Br)cc1. The first kappa shape index (κ1) is 11.9. The quantitative estimate of drug-likeness (QED) is 0.939. The molecule has 0 saturated carbocycles. The van der Waals surface area contributed by atoms with Crippen LogP contribution in [0.4, 0.5) is 0 Å². The van der Waals surface area contributed by atoms with Crippen LogP contribution < -0.4 is 0 Å². The number of carboxylic acid groups (broad SMARTS) is 1. The molecular weight excluding hydrogens is 284 g/mol. The van der Waals surface area contributed by atoms with E-state index in [1.165, 1.54) is 0 Å². The summed E-state index contributed by atoms with van der Waals surface area (Å²) in [5.74, 6) is -1.37. The lowest BCUT2D eigenvalue weighted by atomic mass is 9.93. The summed E-state index contributed by atoms with van der Waals surface area (Å²) in [6.45, 7) is 0. The van der Waals surface area contributed by atoms with Gasteiger partial charge in [0.05, 0.1) is 18.4 Å². The predicted octanol–water partition coefficient (Wildman–Crippen LogP) is 3.45. The van der Waals surface area contributed by atoms with Crippen LogP contribution in [0.2, 0.25) is 0 Å². The number of rotatable bonds is 4. The molecule has 1 unspecified atom stereocenters. The van der Waals surface area contributed by atoms with E-state index in [0.29, 0.717) is 6.42 Å². The van der Waals surface area contributed by atoms with E-state index in [0.717, 1.165) is 15.6 Å². The Labute approximate surface area is 107 Å². The minimum absolute atomic E-state index is 0.438. The molecule has 0 aliphatic carbocycles. The number of benzene rings is 1. The second kappa shape index (κ2) is 5.19. The van der Waals surface area contributed by atoms with Crippen LogP contribution in [-0.4, -0.2) is 11.1 Å². The van der Waals surface area contributed by atoms with E-state index in [2.05, 4.69) is 15.9 Å². The zero-order chi connectivity index (χ0) is 12.3. The average Bonchev–Trinajstić information content (AvgIpc) is 2.80. The smallest absolute Gasteiger partial charge is 0.311 e. The second-order valence-electron chi connectivity index (χ2n) is 3.78. The minimum Gasteiger partial charge on any atom is -0.481 e.